The van der Waals surface area contributed by atoms with Crippen LogP contribution in [0.15, 0.2) is 36.4 Å². The van der Waals surface area contributed by atoms with Crippen LogP contribution in [0.2, 0.25) is 0 Å². The molecule has 0 atom stereocenters. The van der Waals surface area contributed by atoms with Gasteiger partial charge < -0.3 is 19.3 Å². The first-order chi connectivity index (χ1) is 10.1. The summed E-state index contributed by atoms with van der Waals surface area (Å²) in [4.78, 5) is 12.7. The number of hydrogen-bond acceptors (Lipinski definition) is 5. The molecule has 0 radical (unpaired) electrons. The zero-order valence-corrected chi connectivity index (χ0v) is 12.0. The number of phenols is 1. The topological polar surface area (TPSA) is 65.0 Å². The van der Waals surface area contributed by atoms with Crippen LogP contribution in [-0.2, 0) is 0 Å². The fourth-order valence-corrected chi connectivity index (χ4v) is 2.03. The molecule has 2 aromatic rings. The maximum Gasteiger partial charge on any atom is 0.204 e. The van der Waals surface area contributed by atoms with Crippen molar-refractivity contribution in [2.24, 2.45) is 0 Å². The first-order valence-corrected chi connectivity index (χ1v) is 6.25. The summed E-state index contributed by atoms with van der Waals surface area (Å²) in [7, 11) is 4.42. The number of carbonyl (C=O) groups is 1. The lowest BCUT2D eigenvalue weighted by atomic mass is 10.00. The third-order valence-electron chi connectivity index (χ3n) is 3.09. The SMILES string of the molecule is COc1cc(OC)c(C(=O)c2ccccc2O)c(OC)c1. The van der Waals surface area contributed by atoms with E-state index in [4.69, 9.17) is 14.2 Å². The standard InChI is InChI=1S/C16H16O5/c1-19-10-8-13(20-2)15(14(9-10)21-3)16(18)11-6-4-5-7-12(11)17/h4-9,17H,1-3H3. The lowest BCUT2D eigenvalue weighted by molar-refractivity contribution is 0.103. The third-order valence-corrected chi connectivity index (χ3v) is 3.09. The molecule has 0 aromatic heterocycles. The van der Waals surface area contributed by atoms with E-state index in [0.717, 1.165) is 0 Å². The highest BCUT2D eigenvalue weighted by atomic mass is 16.5. The van der Waals surface area contributed by atoms with E-state index in [1.807, 2.05) is 0 Å². The number of aromatic hydroxyl groups is 1. The van der Waals surface area contributed by atoms with Crippen molar-refractivity contribution >= 4 is 5.78 Å². The number of phenolic OH excluding ortho intramolecular Hbond substituents is 1. The van der Waals surface area contributed by atoms with Crippen LogP contribution in [0.25, 0.3) is 0 Å². The molecule has 110 valence electrons. The highest BCUT2D eigenvalue weighted by molar-refractivity contribution is 6.14. The number of para-hydroxylation sites is 1. The summed E-state index contributed by atoms with van der Waals surface area (Å²) in [5.41, 5.74) is 0.418. The molecule has 0 amide bonds. The number of rotatable bonds is 5. The molecule has 0 heterocycles. The highest BCUT2D eigenvalue weighted by Gasteiger charge is 2.23. The molecule has 2 aromatic carbocycles. The summed E-state index contributed by atoms with van der Waals surface area (Å²) in [5.74, 6) is 0.670. The van der Waals surface area contributed by atoms with Crippen LogP contribution >= 0.6 is 0 Å². The molecule has 0 fully saturated rings. The van der Waals surface area contributed by atoms with Crippen molar-refractivity contribution in [3.05, 3.63) is 47.5 Å². The number of hydrogen-bond donors (Lipinski definition) is 1. The molecule has 0 saturated heterocycles. The van der Waals surface area contributed by atoms with Gasteiger partial charge in [0.2, 0.25) is 5.78 Å². The van der Waals surface area contributed by atoms with Crippen LogP contribution in [-0.4, -0.2) is 32.2 Å². The molecular formula is C16H16O5. The molecule has 0 unspecified atom stereocenters. The summed E-state index contributed by atoms with van der Waals surface area (Å²) in [6.07, 6.45) is 0. The van der Waals surface area contributed by atoms with Gasteiger partial charge in [-0.2, -0.15) is 0 Å². The van der Waals surface area contributed by atoms with Gasteiger partial charge in [-0.3, -0.25) is 4.79 Å². The Morgan fingerprint density at radius 3 is 2.00 bits per heavy atom. The molecule has 2 rings (SSSR count). The van der Waals surface area contributed by atoms with Gasteiger partial charge in [-0.25, -0.2) is 0 Å². The fourth-order valence-electron chi connectivity index (χ4n) is 2.03. The Labute approximate surface area is 122 Å². The first kappa shape index (κ1) is 14.7. The predicted octanol–water partition coefficient (Wildman–Crippen LogP) is 2.65. The minimum Gasteiger partial charge on any atom is -0.507 e. The van der Waals surface area contributed by atoms with E-state index in [1.165, 1.54) is 27.4 Å². The van der Waals surface area contributed by atoms with Crippen LogP contribution in [0, 0.1) is 0 Å². The Morgan fingerprint density at radius 1 is 0.952 bits per heavy atom. The quantitative estimate of drug-likeness (QED) is 0.857. The van der Waals surface area contributed by atoms with Gasteiger partial charge in [0.15, 0.2) is 0 Å². The highest BCUT2D eigenvalue weighted by Crippen LogP contribution is 2.36. The maximum atomic E-state index is 12.7. The van der Waals surface area contributed by atoms with Gasteiger partial charge in [0.1, 0.15) is 28.6 Å². The first-order valence-electron chi connectivity index (χ1n) is 6.25. The van der Waals surface area contributed by atoms with E-state index in [1.54, 1.807) is 30.3 Å². The molecule has 1 N–H and O–H groups in total. The van der Waals surface area contributed by atoms with Crippen molar-refractivity contribution in [2.45, 2.75) is 0 Å². The van der Waals surface area contributed by atoms with Gasteiger partial charge in [-0.1, -0.05) is 12.1 Å². The normalized spacial score (nSPS) is 10.0. The lowest BCUT2D eigenvalue weighted by Crippen LogP contribution is -2.07. The second kappa shape index (κ2) is 6.17. The minimum absolute atomic E-state index is 0.0950. The second-order valence-electron chi connectivity index (χ2n) is 4.25. The average Bonchev–Trinajstić information content (AvgIpc) is 2.53. The van der Waals surface area contributed by atoms with E-state index in [0.29, 0.717) is 17.2 Å². The summed E-state index contributed by atoms with van der Waals surface area (Å²) in [6, 6.07) is 9.51. The number of benzene rings is 2. The Hall–Kier alpha value is -2.69. The number of ketones is 1. The van der Waals surface area contributed by atoms with Crippen LogP contribution in [0.1, 0.15) is 15.9 Å². The van der Waals surface area contributed by atoms with Gasteiger partial charge in [0, 0.05) is 12.1 Å². The van der Waals surface area contributed by atoms with Crippen LogP contribution in [0.5, 0.6) is 23.0 Å². The van der Waals surface area contributed by atoms with E-state index in [-0.39, 0.29) is 22.7 Å². The van der Waals surface area contributed by atoms with Gasteiger partial charge >= 0.3 is 0 Å². The number of ether oxygens (including phenoxy) is 3. The molecule has 21 heavy (non-hydrogen) atoms. The zero-order valence-electron chi connectivity index (χ0n) is 12.0. The molecule has 0 bridgehead atoms. The zero-order chi connectivity index (χ0) is 15.4. The minimum atomic E-state index is -0.385. The van der Waals surface area contributed by atoms with Crippen molar-refractivity contribution in [1.82, 2.24) is 0 Å². The lowest BCUT2D eigenvalue weighted by Gasteiger charge is -2.14. The van der Waals surface area contributed by atoms with Crippen LogP contribution < -0.4 is 14.2 Å². The predicted molar refractivity (Wildman–Crippen MR) is 77.6 cm³/mol. The average molecular weight is 288 g/mol. The number of methoxy groups -OCH3 is 3. The molecular weight excluding hydrogens is 272 g/mol. The Balaban J connectivity index is 2.62. The van der Waals surface area contributed by atoms with Crippen molar-refractivity contribution < 1.29 is 24.1 Å². The molecule has 5 heteroatoms. The number of carbonyl (C=O) groups excluding carboxylic acids is 1. The largest absolute Gasteiger partial charge is 0.507 e. The van der Waals surface area contributed by atoms with Gasteiger partial charge in [-0.05, 0) is 12.1 Å². The van der Waals surface area contributed by atoms with Crippen molar-refractivity contribution in [1.29, 1.82) is 0 Å². The fraction of sp³-hybridized carbons (Fsp3) is 0.188. The molecule has 0 saturated carbocycles. The van der Waals surface area contributed by atoms with Crippen LogP contribution in [0.3, 0.4) is 0 Å². The van der Waals surface area contributed by atoms with Gasteiger partial charge in [0.25, 0.3) is 0 Å². The maximum absolute atomic E-state index is 12.7. The van der Waals surface area contributed by atoms with Crippen molar-refractivity contribution in [3.63, 3.8) is 0 Å². The Kier molecular flexibility index (Phi) is 4.33. The smallest absolute Gasteiger partial charge is 0.204 e. The molecule has 0 aliphatic rings. The molecule has 5 nitrogen and oxygen atoms in total. The summed E-state index contributed by atoms with van der Waals surface area (Å²) in [6.45, 7) is 0. The van der Waals surface area contributed by atoms with Gasteiger partial charge in [-0.15, -0.1) is 0 Å². The van der Waals surface area contributed by atoms with E-state index < -0.39 is 0 Å². The summed E-state index contributed by atoms with van der Waals surface area (Å²) >= 11 is 0. The third kappa shape index (κ3) is 2.76. The molecule has 0 aliphatic heterocycles. The molecule has 0 spiro atoms. The van der Waals surface area contributed by atoms with Crippen molar-refractivity contribution in [3.8, 4) is 23.0 Å². The van der Waals surface area contributed by atoms with Crippen LogP contribution in [0.4, 0.5) is 0 Å². The Morgan fingerprint density at radius 2 is 1.52 bits per heavy atom. The van der Waals surface area contributed by atoms with Gasteiger partial charge in [0.05, 0.1) is 26.9 Å². The summed E-state index contributed by atoms with van der Waals surface area (Å²) in [5, 5.41) is 9.84. The van der Waals surface area contributed by atoms with E-state index in [2.05, 4.69) is 0 Å². The van der Waals surface area contributed by atoms with E-state index in [9.17, 15) is 9.90 Å². The monoisotopic (exact) mass is 288 g/mol. The Bertz CT molecular complexity index is 638. The second-order valence-corrected chi connectivity index (χ2v) is 4.25. The van der Waals surface area contributed by atoms with E-state index >= 15 is 0 Å². The summed E-state index contributed by atoms with van der Waals surface area (Å²) < 4.78 is 15.6. The molecule has 0 aliphatic carbocycles. The van der Waals surface area contributed by atoms with Crippen molar-refractivity contribution in [2.75, 3.05) is 21.3 Å².